The van der Waals surface area contributed by atoms with Crippen LogP contribution >= 0.6 is 0 Å². The zero-order chi connectivity index (χ0) is 39.2. The van der Waals surface area contributed by atoms with Crippen molar-refractivity contribution in [2.75, 3.05) is 4.90 Å². The fourth-order valence-electron chi connectivity index (χ4n) is 10.5. The van der Waals surface area contributed by atoms with E-state index in [1.165, 1.54) is 99.0 Å². The summed E-state index contributed by atoms with van der Waals surface area (Å²) in [6.45, 7) is 4.91. The Labute approximate surface area is 344 Å². The molecule has 0 fully saturated rings. The van der Waals surface area contributed by atoms with E-state index >= 15 is 0 Å². The fourth-order valence-corrected chi connectivity index (χ4v) is 10.5. The molecule has 0 radical (unpaired) electrons. The lowest BCUT2D eigenvalue weighted by Crippen LogP contribution is -2.50. The van der Waals surface area contributed by atoms with Crippen LogP contribution in [0, 0.1) is 5.92 Å². The first-order valence-corrected chi connectivity index (χ1v) is 20.8. The van der Waals surface area contributed by atoms with Gasteiger partial charge >= 0.3 is 0 Å². The highest BCUT2D eigenvalue weighted by atomic mass is 15.2. The number of hydrogen-bond donors (Lipinski definition) is 0. The average molecular weight is 755 g/mol. The summed E-state index contributed by atoms with van der Waals surface area (Å²) in [5.74, 6) is 0.250. The van der Waals surface area contributed by atoms with Gasteiger partial charge in [-0.25, -0.2) is 0 Å². The standard InChI is InChI=1S/C57H42N2/c1-57(2)51-29-26-40(39-28-31-54-50(33-39)49-32-38(37-16-6-3-7-17-37)27-30-53(49)58(54)41-18-8-4-9-19-41)34-55(51)59(42-20-10-5-11-21-42)56-36-48-46-25-15-13-23-44(46)43-22-12-14-24-45(43)47(48)35-52(56)57/h3-36,51,55H,1-2H3. The molecule has 2 heterocycles. The van der Waals surface area contributed by atoms with E-state index in [-0.39, 0.29) is 17.4 Å². The second-order valence-electron chi connectivity index (χ2n) is 16.9. The van der Waals surface area contributed by atoms with Crippen molar-refractivity contribution in [3.05, 3.63) is 217 Å². The van der Waals surface area contributed by atoms with Gasteiger partial charge in [0.05, 0.1) is 17.1 Å². The maximum Gasteiger partial charge on any atom is 0.0602 e. The highest BCUT2D eigenvalue weighted by Gasteiger charge is 2.46. The Balaban J connectivity index is 1.07. The third kappa shape index (κ3) is 5.12. The molecule has 2 atom stereocenters. The maximum atomic E-state index is 2.63. The minimum Gasteiger partial charge on any atom is -0.334 e. The highest BCUT2D eigenvalue weighted by Crippen LogP contribution is 2.54. The molecule has 10 aromatic rings. The van der Waals surface area contributed by atoms with E-state index in [4.69, 9.17) is 0 Å². The Morgan fingerprint density at radius 3 is 1.56 bits per heavy atom. The first-order chi connectivity index (χ1) is 29.0. The normalized spacial score (nSPS) is 17.1. The molecular formula is C57H42N2. The van der Waals surface area contributed by atoms with E-state index < -0.39 is 0 Å². The van der Waals surface area contributed by atoms with Gasteiger partial charge in [0.25, 0.3) is 0 Å². The average Bonchev–Trinajstić information content (AvgIpc) is 3.62. The summed E-state index contributed by atoms with van der Waals surface area (Å²) in [6, 6.07) is 69.6. The van der Waals surface area contributed by atoms with Crippen LogP contribution in [0.25, 0.3) is 76.5 Å². The number of para-hydroxylation sites is 2. The van der Waals surface area contributed by atoms with Crippen molar-refractivity contribution in [3.63, 3.8) is 0 Å². The monoisotopic (exact) mass is 754 g/mol. The molecule has 1 aliphatic carbocycles. The molecule has 2 aliphatic rings. The Kier molecular flexibility index (Phi) is 7.43. The second-order valence-corrected chi connectivity index (χ2v) is 16.9. The van der Waals surface area contributed by atoms with Crippen LogP contribution < -0.4 is 4.90 Å². The number of allylic oxidation sites excluding steroid dienone is 2. The minimum absolute atomic E-state index is 0.107. The summed E-state index contributed by atoms with van der Waals surface area (Å²) < 4.78 is 2.42. The lowest BCUT2D eigenvalue weighted by atomic mass is 9.64. The van der Waals surface area contributed by atoms with Crippen LogP contribution in [0.4, 0.5) is 11.4 Å². The molecule has 0 amide bonds. The van der Waals surface area contributed by atoms with Gasteiger partial charge in [-0.2, -0.15) is 0 Å². The van der Waals surface area contributed by atoms with Crippen LogP contribution in [-0.2, 0) is 5.41 Å². The van der Waals surface area contributed by atoms with E-state index in [2.05, 4.69) is 230 Å². The van der Waals surface area contributed by atoms with Crippen LogP contribution in [0.5, 0.6) is 0 Å². The smallest absolute Gasteiger partial charge is 0.0602 e. The van der Waals surface area contributed by atoms with Gasteiger partial charge in [0.2, 0.25) is 0 Å². The number of fused-ring (bicyclic) bond motifs is 11. The predicted octanol–water partition coefficient (Wildman–Crippen LogP) is 15.0. The van der Waals surface area contributed by atoms with Crippen LogP contribution in [0.1, 0.15) is 25.0 Å². The first kappa shape index (κ1) is 33.9. The summed E-state index contributed by atoms with van der Waals surface area (Å²) in [5, 5.41) is 10.4. The van der Waals surface area contributed by atoms with Gasteiger partial charge < -0.3 is 9.47 Å². The quantitative estimate of drug-likeness (QED) is 0.162. The third-order valence-electron chi connectivity index (χ3n) is 13.4. The molecule has 1 aliphatic heterocycles. The zero-order valence-electron chi connectivity index (χ0n) is 33.2. The van der Waals surface area contributed by atoms with Crippen molar-refractivity contribution in [1.29, 1.82) is 0 Å². The van der Waals surface area contributed by atoms with Gasteiger partial charge in [0.15, 0.2) is 0 Å². The highest BCUT2D eigenvalue weighted by molar-refractivity contribution is 6.26. The van der Waals surface area contributed by atoms with E-state index in [1.54, 1.807) is 0 Å². The molecular weight excluding hydrogens is 713 g/mol. The van der Waals surface area contributed by atoms with E-state index in [0.717, 1.165) is 0 Å². The van der Waals surface area contributed by atoms with Crippen molar-refractivity contribution >= 4 is 71.1 Å². The molecule has 2 heteroatoms. The molecule has 12 rings (SSSR count). The van der Waals surface area contributed by atoms with Crippen LogP contribution in [-0.4, -0.2) is 10.6 Å². The number of hydrogen-bond acceptors (Lipinski definition) is 1. The first-order valence-electron chi connectivity index (χ1n) is 20.8. The summed E-state index contributed by atoms with van der Waals surface area (Å²) in [6.07, 6.45) is 7.46. The van der Waals surface area contributed by atoms with E-state index in [9.17, 15) is 0 Å². The minimum atomic E-state index is -0.133. The second kappa shape index (κ2) is 12.9. The van der Waals surface area contributed by atoms with Gasteiger partial charge in [-0.15, -0.1) is 0 Å². The molecule has 0 saturated carbocycles. The Morgan fingerprint density at radius 2 is 0.932 bits per heavy atom. The largest absolute Gasteiger partial charge is 0.334 e. The number of anilines is 2. The Bertz CT molecular complexity index is 3350. The molecule has 2 nitrogen and oxygen atoms in total. The molecule has 0 bridgehead atoms. The van der Waals surface area contributed by atoms with Gasteiger partial charge in [-0.05, 0) is 121 Å². The molecule has 9 aromatic carbocycles. The van der Waals surface area contributed by atoms with Crippen molar-refractivity contribution in [2.45, 2.75) is 25.3 Å². The SMILES string of the molecule is CC1(C)c2cc3c4ccccc4c4ccccc4c3cc2N(c2ccccc2)C2C=C(c3ccc4c(c3)c3cc(-c5ccccc5)ccc3n4-c3ccccc3)C=CC21. The summed E-state index contributed by atoms with van der Waals surface area (Å²) >= 11 is 0. The Hall–Kier alpha value is -7.16. The van der Waals surface area contributed by atoms with Gasteiger partial charge in [0.1, 0.15) is 0 Å². The zero-order valence-corrected chi connectivity index (χ0v) is 33.2. The fraction of sp³-hybridized carbons (Fsp3) is 0.0877. The molecule has 1 aromatic heterocycles. The van der Waals surface area contributed by atoms with Crippen LogP contribution in [0.3, 0.4) is 0 Å². The van der Waals surface area contributed by atoms with Gasteiger partial charge in [-0.3, -0.25) is 0 Å². The molecule has 0 saturated heterocycles. The lowest BCUT2D eigenvalue weighted by Gasteiger charge is -2.51. The lowest BCUT2D eigenvalue weighted by molar-refractivity contribution is 0.333. The predicted molar refractivity (Wildman–Crippen MR) is 251 cm³/mol. The molecule has 0 spiro atoms. The van der Waals surface area contributed by atoms with E-state index in [0.29, 0.717) is 0 Å². The van der Waals surface area contributed by atoms with Crippen LogP contribution in [0.15, 0.2) is 206 Å². The van der Waals surface area contributed by atoms with Crippen molar-refractivity contribution < 1.29 is 0 Å². The molecule has 0 N–H and O–H groups in total. The van der Waals surface area contributed by atoms with Crippen molar-refractivity contribution in [1.82, 2.24) is 4.57 Å². The summed E-state index contributed by atoms with van der Waals surface area (Å²) in [5.41, 5.74) is 12.3. The summed E-state index contributed by atoms with van der Waals surface area (Å²) in [7, 11) is 0. The number of nitrogens with zero attached hydrogens (tertiary/aromatic N) is 2. The van der Waals surface area contributed by atoms with E-state index in [1.807, 2.05) is 0 Å². The maximum absolute atomic E-state index is 2.63. The van der Waals surface area contributed by atoms with Crippen LogP contribution in [0.2, 0.25) is 0 Å². The number of aromatic nitrogens is 1. The van der Waals surface area contributed by atoms with Gasteiger partial charge in [0, 0.05) is 39.2 Å². The topological polar surface area (TPSA) is 8.17 Å². The molecule has 59 heavy (non-hydrogen) atoms. The van der Waals surface area contributed by atoms with Crippen molar-refractivity contribution in [2.24, 2.45) is 5.92 Å². The number of rotatable bonds is 4. The molecule has 2 unspecified atom stereocenters. The summed E-state index contributed by atoms with van der Waals surface area (Å²) in [4.78, 5) is 2.63. The number of benzene rings is 9. The Morgan fingerprint density at radius 1 is 0.424 bits per heavy atom. The third-order valence-corrected chi connectivity index (χ3v) is 13.4. The van der Waals surface area contributed by atoms with Gasteiger partial charge in [-0.1, -0.05) is 159 Å². The van der Waals surface area contributed by atoms with Crippen molar-refractivity contribution in [3.8, 4) is 16.8 Å². The molecule has 280 valence electrons.